The van der Waals surface area contributed by atoms with Crippen LogP contribution in [0.4, 0.5) is 11.5 Å². The smallest absolute Gasteiger partial charge is 0.224 e. The van der Waals surface area contributed by atoms with E-state index in [2.05, 4.69) is 15.2 Å². The minimum atomic E-state index is 0.00533. The normalized spacial score (nSPS) is 19.7. The van der Waals surface area contributed by atoms with E-state index >= 15 is 0 Å². The van der Waals surface area contributed by atoms with E-state index in [1.807, 2.05) is 0 Å². The molecule has 0 aromatic carbocycles. The molecule has 0 saturated carbocycles. The Labute approximate surface area is 111 Å². The van der Waals surface area contributed by atoms with Gasteiger partial charge in [-0.3, -0.25) is 4.79 Å². The Balaban J connectivity index is 2.15. The molecule has 1 unspecified atom stereocenters. The Kier molecular flexibility index (Phi) is 3.91. The molecular weight excluding hydrogens is 252 g/mol. The first-order chi connectivity index (χ1) is 8.60. The molecule has 2 rings (SSSR count). The number of nitrogens with two attached hydrogens (primary N) is 1. The third kappa shape index (κ3) is 2.85. The molecule has 1 saturated heterocycles. The molecule has 5 nitrogen and oxygen atoms in total. The van der Waals surface area contributed by atoms with Gasteiger partial charge >= 0.3 is 0 Å². The van der Waals surface area contributed by atoms with Gasteiger partial charge in [-0.25, -0.2) is 4.98 Å². The van der Waals surface area contributed by atoms with Crippen LogP contribution in [0.1, 0.15) is 12.8 Å². The predicted octanol–water partition coefficient (Wildman–Crippen LogP) is 1.28. The quantitative estimate of drug-likeness (QED) is 0.793. The van der Waals surface area contributed by atoms with Gasteiger partial charge in [0.2, 0.25) is 5.91 Å². The Bertz CT molecular complexity index is 431. The van der Waals surface area contributed by atoms with Gasteiger partial charge in [-0.2, -0.15) is 0 Å². The van der Waals surface area contributed by atoms with Crippen molar-refractivity contribution in [1.82, 2.24) is 10.3 Å². The fourth-order valence-corrected chi connectivity index (χ4v) is 2.48. The number of hydrogen-bond donors (Lipinski definition) is 2. The van der Waals surface area contributed by atoms with E-state index in [4.69, 9.17) is 17.3 Å². The van der Waals surface area contributed by atoms with Gasteiger partial charge < -0.3 is 16.0 Å². The molecule has 6 heteroatoms. The van der Waals surface area contributed by atoms with E-state index in [1.165, 1.54) is 0 Å². The number of nitrogens with one attached hydrogen (secondary N) is 1. The van der Waals surface area contributed by atoms with Gasteiger partial charge in [0.1, 0.15) is 11.0 Å². The number of amides is 1. The number of hydrogen-bond acceptors (Lipinski definition) is 4. The molecule has 0 bridgehead atoms. The van der Waals surface area contributed by atoms with Crippen molar-refractivity contribution in [3.05, 3.63) is 17.3 Å². The van der Waals surface area contributed by atoms with E-state index in [-0.39, 0.29) is 11.8 Å². The summed E-state index contributed by atoms with van der Waals surface area (Å²) in [5.74, 6) is 0.828. The van der Waals surface area contributed by atoms with E-state index in [0.717, 1.165) is 25.2 Å². The number of rotatable bonds is 2. The van der Waals surface area contributed by atoms with Crippen LogP contribution in [0.25, 0.3) is 0 Å². The zero-order valence-electron chi connectivity index (χ0n) is 10.3. The number of pyridine rings is 1. The van der Waals surface area contributed by atoms with Crippen LogP contribution >= 0.6 is 11.6 Å². The largest absolute Gasteiger partial charge is 0.399 e. The number of halogens is 1. The molecule has 1 atom stereocenters. The molecular formula is C12H17ClN4O. The fourth-order valence-electron chi connectivity index (χ4n) is 2.27. The molecule has 98 valence electrons. The zero-order valence-corrected chi connectivity index (χ0v) is 11.1. The number of aromatic nitrogens is 1. The Morgan fingerprint density at radius 3 is 3.06 bits per heavy atom. The molecule has 1 amide bonds. The maximum absolute atomic E-state index is 11.7. The van der Waals surface area contributed by atoms with Gasteiger partial charge in [-0.1, -0.05) is 11.6 Å². The average Bonchev–Trinajstić information content (AvgIpc) is 2.37. The van der Waals surface area contributed by atoms with Gasteiger partial charge in [0.25, 0.3) is 0 Å². The molecule has 0 radical (unpaired) electrons. The highest BCUT2D eigenvalue weighted by Gasteiger charge is 2.25. The molecule has 1 fully saturated rings. The second-order valence-corrected chi connectivity index (χ2v) is 4.87. The summed E-state index contributed by atoms with van der Waals surface area (Å²) in [6.07, 6.45) is 1.87. The van der Waals surface area contributed by atoms with Crippen molar-refractivity contribution in [1.29, 1.82) is 0 Å². The van der Waals surface area contributed by atoms with E-state index < -0.39 is 0 Å². The third-order valence-corrected chi connectivity index (χ3v) is 3.36. The lowest BCUT2D eigenvalue weighted by Crippen LogP contribution is -2.42. The highest BCUT2D eigenvalue weighted by atomic mass is 35.5. The Morgan fingerprint density at radius 1 is 1.61 bits per heavy atom. The van der Waals surface area contributed by atoms with Crippen molar-refractivity contribution in [2.24, 2.45) is 5.92 Å². The van der Waals surface area contributed by atoms with Crippen molar-refractivity contribution >= 4 is 29.0 Å². The molecule has 1 aliphatic rings. The van der Waals surface area contributed by atoms with Gasteiger partial charge in [-0.05, 0) is 18.9 Å². The zero-order chi connectivity index (χ0) is 13.1. The summed E-state index contributed by atoms with van der Waals surface area (Å²) in [4.78, 5) is 18.0. The van der Waals surface area contributed by atoms with Crippen LogP contribution in [0.15, 0.2) is 12.1 Å². The summed E-state index contributed by atoms with van der Waals surface area (Å²) >= 11 is 5.90. The van der Waals surface area contributed by atoms with Gasteiger partial charge in [0.05, 0.1) is 5.92 Å². The lowest BCUT2D eigenvalue weighted by atomic mass is 9.97. The lowest BCUT2D eigenvalue weighted by molar-refractivity contribution is -0.124. The predicted molar refractivity (Wildman–Crippen MR) is 72.7 cm³/mol. The number of anilines is 2. The van der Waals surface area contributed by atoms with Crippen LogP contribution in [-0.2, 0) is 4.79 Å². The maximum Gasteiger partial charge on any atom is 0.224 e. The van der Waals surface area contributed by atoms with E-state index in [0.29, 0.717) is 17.4 Å². The van der Waals surface area contributed by atoms with Crippen LogP contribution in [0.3, 0.4) is 0 Å². The average molecular weight is 269 g/mol. The standard InChI is InChI=1S/C12H17ClN4O/c1-15-12(18)8-3-2-4-17(7-8)11-6-9(14)5-10(13)16-11/h5-6,8H,2-4,7H2,1H3,(H2,14,16)(H,15,18). The second kappa shape index (κ2) is 5.44. The molecule has 0 spiro atoms. The summed E-state index contributed by atoms with van der Waals surface area (Å²) in [5.41, 5.74) is 6.35. The van der Waals surface area contributed by atoms with E-state index in [9.17, 15) is 4.79 Å². The van der Waals surface area contributed by atoms with E-state index in [1.54, 1.807) is 19.2 Å². The SMILES string of the molecule is CNC(=O)C1CCCN(c2cc(N)cc(Cl)n2)C1. The number of carbonyl (C=O) groups excluding carboxylic acids is 1. The summed E-state index contributed by atoms with van der Waals surface area (Å²) < 4.78 is 0. The Morgan fingerprint density at radius 2 is 2.39 bits per heavy atom. The van der Waals surface area contributed by atoms with Crippen molar-refractivity contribution in [2.75, 3.05) is 30.8 Å². The fraction of sp³-hybridized carbons (Fsp3) is 0.500. The highest BCUT2D eigenvalue weighted by molar-refractivity contribution is 6.29. The topological polar surface area (TPSA) is 71.2 Å². The molecule has 1 aromatic heterocycles. The van der Waals surface area contributed by atoms with Crippen LogP contribution in [0.5, 0.6) is 0 Å². The molecule has 3 N–H and O–H groups in total. The molecule has 0 aliphatic carbocycles. The minimum absolute atomic E-state index is 0.00533. The molecule has 1 aromatic rings. The van der Waals surface area contributed by atoms with Crippen molar-refractivity contribution < 1.29 is 4.79 Å². The number of piperidine rings is 1. The maximum atomic E-state index is 11.7. The van der Waals surface area contributed by atoms with Gasteiger partial charge in [-0.15, -0.1) is 0 Å². The van der Waals surface area contributed by atoms with Crippen molar-refractivity contribution in [2.45, 2.75) is 12.8 Å². The lowest BCUT2D eigenvalue weighted by Gasteiger charge is -2.32. The summed E-state index contributed by atoms with van der Waals surface area (Å²) in [7, 11) is 1.66. The van der Waals surface area contributed by atoms with Crippen molar-refractivity contribution in [3.8, 4) is 0 Å². The summed E-state index contributed by atoms with van der Waals surface area (Å²) in [6.45, 7) is 1.53. The van der Waals surface area contributed by atoms with Crippen LogP contribution in [0.2, 0.25) is 5.15 Å². The first kappa shape index (κ1) is 13.0. The first-order valence-corrected chi connectivity index (χ1v) is 6.37. The molecule has 18 heavy (non-hydrogen) atoms. The van der Waals surface area contributed by atoms with Crippen LogP contribution in [-0.4, -0.2) is 31.0 Å². The summed E-state index contributed by atoms with van der Waals surface area (Å²) in [5, 5.41) is 3.07. The van der Waals surface area contributed by atoms with Crippen molar-refractivity contribution in [3.63, 3.8) is 0 Å². The number of carbonyl (C=O) groups is 1. The first-order valence-electron chi connectivity index (χ1n) is 5.99. The van der Waals surface area contributed by atoms with Crippen LogP contribution < -0.4 is 16.0 Å². The van der Waals surface area contributed by atoms with Crippen LogP contribution in [0, 0.1) is 5.92 Å². The third-order valence-electron chi connectivity index (χ3n) is 3.17. The number of nitrogens with zero attached hydrogens (tertiary/aromatic N) is 2. The minimum Gasteiger partial charge on any atom is -0.399 e. The number of nitrogen functional groups attached to an aromatic ring is 1. The van der Waals surface area contributed by atoms with Gasteiger partial charge in [0, 0.05) is 31.9 Å². The molecule has 2 heterocycles. The molecule has 1 aliphatic heterocycles. The Hall–Kier alpha value is -1.49. The monoisotopic (exact) mass is 268 g/mol. The van der Waals surface area contributed by atoms with Gasteiger partial charge in [0.15, 0.2) is 0 Å². The highest BCUT2D eigenvalue weighted by Crippen LogP contribution is 2.25. The summed E-state index contributed by atoms with van der Waals surface area (Å²) in [6, 6.07) is 3.41. The second-order valence-electron chi connectivity index (χ2n) is 4.48.